The van der Waals surface area contributed by atoms with Gasteiger partial charge in [-0.05, 0) is 27.2 Å². The second kappa shape index (κ2) is 5.10. The number of ether oxygens (including phenoxy) is 1. The van der Waals surface area contributed by atoms with E-state index in [4.69, 9.17) is 9.84 Å². The Labute approximate surface area is 92.7 Å². The summed E-state index contributed by atoms with van der Waals surface area (Å²) in [6.45, 7) is 13.0. The summed E-state index contributed by atoms with van der Waals surface area (Å²) in [6, 6.07) is 0. The molecule has 3 heteroatoms. The summed E-state index contributed by atoms with van der Waals surface area (Å²) in [7, 11) is 0. The summed E-state index contributed by atoms with van der Waals surface area (Å²) in [6.07, 6.45) is 0.979. The van der Waals surface area contributed by atoms with E-state index in [0.29, 0.717) is 0 Å². The highest BCUT2D eigenvalue weighted by atomic mass is 16.5. The minimum atomic E-state index is -0.152. The molecule has 0 radical (unpaired) electrons. The topological polar surface area (TPSA) is 32.7 Å². The number of morpholine rings is 1. The Morgan fingerprint density at radius 3 is 2.80 bits per heavy atom. The SMILES string of the molecule is C=C(C)CCN1CC(CO)OC(C)(C)C1. The van der Waals surface area contributed by atoms with Crippen LogP contribution >= 0.6 is 0 Å². The van der Waals surface area contributed by atoms with Gasteiger partial charge in [-0.15, -0.1) is 6.58 Å². The first-order valence-electron chi connectivity index (χ1n) is 5.58. The molecule has 1 unspecified atom stereocenters. The lowest BCUT2D eigenvalue weighted by molar-refractivity contribution is -0.148. The van der Waals surface area contributed by atoms with Crippen molar-refractivity contribution in [1.29, 1.82) is 0 Å². The van der Waals surface area contributed by atoms with Crippen LogP contribution in [0.15, 0.2) is 12.2 Å². The molecule has 0 aliphatic carbocycles. The lowest BCUT2D eigenvalue weighted by Crippen LogP contribution is -2.53. The lowest BCUT2D eigenvalue weighted by Gasteiger charge is -2.42. The highest BCUT2D eigenvalue weighted by Gasteiger charge is 2.32. The van der Waals surface area contributed by atoms with Crippen LogP contribution in [0.1, 0.15) is 27.2 Å². The van der Waals surface area contributed by atoms with Crippen molar-refractivity contribution in [3.8, 4) is 0 Å². The fourth-order valence-corrected chi connectivity index (χ4v) is 2.03. The Kier molecular flexibility index (Phi) is 4.32. The first kappa shape index (κ1) is 12.7. The number of nitrogens with zero attached hydrogens (tertiary/aromatic N) is 1. The molecular weight excluding hydrogens is 190 g/mol. The van der Waals surface area contributed by atoms with E-state index in [1.54, 1.807) is 0 Å². The predicted molar refractivity (Wildman–Crippen MR) is 61.9 cm³/mol. The summed E-state index contributed by atoms with van der Waals surface area (Å²) in [5, 5.41) is 9.15. The van der Waals surface area contributed by atoms with Crippen molar-refractivity contribution in [1.82, 2.24) is 4.90 Å². The van der Waals surface area contributed by atoms with E-state index < -0.39 is 0 Å². The van der Waals surface area contributed by atoms with Crippen molar-refractivity contribution in [3.05, 3.63) is 12.2 Å². The Morgan fingerprint density at radius 1 is 1.60 bits per heavy atom. The molecule has 1 atom stereocenters. The Balaban J connectivity index is 2.47. The van der Waals surface area contributed by atoms with Gasteiger partial charge in [0.1, 0.15) is 0 Å². The van der Waals surface area contributed by atoms with E-state index >= 15 is 0 Å². The van der Waals surface area contributed by atoms with Crippen LogP contribution in [0.3, 0.4) is 0 Å². The van der Waals surface area contributed by atoms with E-state index in [9.17, 15) is 0 Å². The monoisotopic (exact) mass is 213 g/mol. The van der Waals surface area contributed by atoms with Gasteiger partial charge < -0.3 is 9.84 Å². The lowest BCUT2D eigenvalue weighted by atomic mass is 10.0. The van der Waals surface area contributed by atoms with Crippen LogP contribution < -0.4 is 0 Å². The second-order valence-corrected chi connectivity index (χ2v) is 5.12. The largest absolute Gasteiger partial charge is 0.394 e. The molecule has 0 bridgehead atoms. The van der Waals surface area contributed by atoms with Crippen LogP contribution in [0.2, 0.25) is 0 Å². The maximum absolute atomic E-state index is 9.15. The number of aliphatic hydroxyl groups excluding tert-OH is 1. The third kappa shape index (κ3) is 4.33. The molecule has 88 valence electrons. The number of hydrogen-bond donors (Lipinski definition) is 1. The highest BCUT2D eigenvalue weighted by Crippen LogP contribution is 2.21. The van der Waals surface area contributed by atoms with Crippen molar-refractivity contribution in [2.45, 2.75) is 38.9 Å². The van der Waals surface area contributed by atoms with Crippen LogP contribution in [0, 0.1) is 0 Å². The van der Waals surface area contributed by atoms with Gasteiger partial charge >= 0.3 is 0 Å². The molecule has 1 saturated heterocycles. The predicted octanol–water partition coefficient (Wildman–Crippen LogP) is 1.42. The minimum Gasteiger partial charge on any atom is -0.394 e. The van der Waals surface area contributed by atoms with Gasteiger partial charge in [-0.1, -0.05) is 5.57 Å². The zero-order valence-electron chi connectivity index (χ0n) is 10.1. The second-order valence-electron chi connectivity index (χ2n) is 5.12. The van der Waals surface area contributed by atoms with Crippen molar-refractivity contribution in [2.24, 2.45) is 0 Å². The molecule has 3 nitrogen and oxygen atoms in total. The first-order valence-corrected chi connectivity index (χ1v) is 5.58. The van der Waals surface area contributed by atoms with Crippen molar-refractivity contribution in [2.75, 3.05) is 26.2 Å². The quantitative estimate of drug-likeness (QED) is 0.717. The third-order valence-corrected chi connectivity index (χ3v) is 2.61. The Morgan fingerprint density at radius 2 is 2.27 bits per heavy atom. The zero-order chi connectivity index (χ0) is 11.5. The molecule has 0 spiro atoms. The zero-order valence-corrected chi connectivity index (χ0v) is 10.1. The Hall–Kier alpha value is -0.380. The van der Waals surface area contributed by atoms with E-state index in [1.807, 2.05) is 0 Å². The molecule has 1 aliphatic heterocycles. The molecule has 15 heavy (non-hydrogen) atoms. The Bertz CT molecular complexity index is 226. The van der Waals surface area contributed by atoms with Gasteiger partial charge in [-0.25, -0.2) is 0 Å². The van der Waals surface area contributed by atoms with Crippen molar-refractivity contribution >= 4 is 0 Å². The summed E-state index contributed by atoms with van der Waals surface area (Å²) >= 11 is 0. The van der Waals surface area contributed by atoms with Gasteiger partial charge in [-0.3, -0.25) is 4.90 Å². The van der Waals surface area contributed by atoms with Crippen molar-refractivity contribution < 1.29 is 9.84 Å². The molecule has 1 N–H and O–H groups in total. The third-order valence-electron chi connectivity index (χ3n) is 2.61. The molecule has 1 fully saturated rings. The van der Waals surface area contributed by atoms with Crippen LogP contribution in [-0.2, 0) is 4.74 Å². The fourth-order valence-electron chi connectivity index (χ4n) is 2.03. The van der Waals surface area contributed by atoms with E-state index in [0.717, 1.165) is 26.1 Å². The molecule has 1 rings (SSSR count). The standard InChI is InChI=1S/C12H23NO2/c1-10(2)5-6-13-7-11(8-14)15-12(3,4)9-13/h11,14H,1,5-9H2,2-4H3. The maximum Gasteiger partial charge on any atom is 0.0940 e. The molecule has 1 heterocycles. The highest BCUT2D eigenvalue weighted by molar-refractivity contribution is 4.91. The smallest absolute Gasteiger partial charge is 0.0940 e. The van der Waals surface area contributed by atoms with Crippen LogP contribution in [0.5, 0.6) is 0 Å². The average Bonchev–Trinajstić information content (AvgIpc) is 2.12. The normalized spacial score (nSPS) is 26.5. The minimum absolute atomic E-state index is 0.0427. The average molecular weight is 213 g/mol. The molecule has 1 aliphatic rings. The van der Waals surface area contributed by atoms with E-state index in [2.05, 4.69) is 32.3 Å². The molecule has 0 aromatic carbocycles. The summed E-state index contributed by atoms with van der Waals surface area (Å²) in [4.78, 5) is 2.35. The van der Waals surface area contributed by atoms with Crippen LogP contribution in [0.25, 0.3) is 0 Å². The van der Waals surface area contributed by atoms with Gasteiger partial charge in [-0.2, -0.15) is 0 Å². The van der Waals surface area contributed by atoms with Gasteiger partial charge in [0.05, 0.1) is 18.3 Å². The van der Waals surface area contributed by atoms with E-state index in [-0.39, 0.29) is 18.3 Å². The summed E-state index contributed by atoms with van der Waals surface area (Å²) in [5.74, 6) is 0. The molecule has 0 amide bonds. The van der Waals surface area contributed by atoms with Crippen LogP contribution in [0.4, 0.5) is 0 Å². The van der Waals surface area contributed by atoms with Gasteiger partial charge in [0.25, 0.3) is 0 Å². The van der Waals surface area contributed by atoms with Gasteiger partial charge in [0.15, 0.2) is 0 Å². The van der Waals surface area contributed by atoms with Gasteiger partial charge in [0.2, 0.25) is 0 Å². The van der Waals surface area contributed by atoms with Gasteiger partial charge in [0, 0.05) is 19.6 Å². The maximum atomic E-state index is 9.15. The summed E-state index contributed by atoms with van der Waals surface area (Å²) in [5.41, 5.74) is 1.06. The van der Waals surface area contributed by atoms with Crippen LogP contribution in [-0.4, -0.2) is 48.0 Å². The number of aliphatic hydroxyl groups is 1. The first-order chi connectivity index (χ1) is 6.93. The van der Waals surface area contributed by atoms with Crippen molar-refractivity contribution in [3.63, 3.8) is 0 Å². The molecule has 0 aromatic rings. The van der Waals surface area contributed by atoms with E-state index in [1.165, 1.54) is 5.57 Å². The molecular formula is C12H23NO2. The fraction of sp³-hybridized carbons (Fsp3) is 0.833. The summed E-state index contributed by atoms with van der Waals surface area (Å²) < 4.78 is 5.75. The molecule has 0 aromatic heterocycles. The molecule has 0 saturated carbocycles. The number of rotatable bonds is 4. The number of hydrogen-bond acceptors (Lipinski definition) is 3.